The second-order valence-corrected chi connectivity index (χ2v) is 5.47. The molecule has 1 aromatic rings. The van der Waals surface area contributed by atoms with Crippen molar-refractivity contribution in [3.05, 3.63) is 16.6 Å². The number of hydrogen-bond acceptors (Lipinski definition) is 4. The van der Waals surface area contributed by atoms with E-state index in [4.69, 9.17) is 0 Å². The maximum Gasteiger partial charge on any atom is 0.0794 e. The maximum absolute atomic E-state index is 4.14. The topological polar surface area (TPSA) is 28.2 Å². The van der Waals surface area contributed by atoms with Crippen molar-refractivity contribution in [1.29, 1.82) is 0 Å². The highest BCUT2D eigenvalue weighted by atomic mass is 32.1. The molecule has 0 bridgehead atoms. The first-order valence-electron chi connectivity index (χ1n) is 6.21. The SMILES string of the molecule is CCCN(Cc1cncs1)CC1CCCN1. The Kier molecular flexibility index (Phi) is 4.75. The van der Waals surface area contributed by atoms with Gasteiger partial charge in [-0.3, -0.25) is 9.88 Å². The zero-order valence-electron chi connectivity index (χ0n) is 9.98. The fourth-order valence-corrected chi connectivity index (χ4v) is 2.95. The van der Waals surface area contributed by atoms with E-state index < -0.39 is 0 Å². The van der Waals surface area contributed by atoms with E-state index in [1.807, 2.05) is 11.7 Å². The van der Waals surface area contributed by atoms with E-state index in [-0.39, 0.29) is 0 Å². The number of rotatable bonds is 6. The molecule has 0 spiro atoms. The molecular formula is C12H21N3S. The molecule has 0 aromatic carbocycles. The molecule has 1 unspecified atom stereocenters. The van der Waals surface area contributed by atoms with Crippen molar-refractivity contribution in [2.24, 2.45) is 0 Å². The van der Waals surface area contributed by atoms with E-state index in [0.29, 0.717) is 6.04 Å². The standard InChI is InChI=1S/C12H21N3S/c1-2-6-15(8-11-4-3-5-14-11)9-12-7-13-10-16-12/h7,10-11,14H,2-6,8-9H2,1H3. The van der Waals surface area contributed by atoms with Gasteiger partial charge in [-0.25, -0.2) is 0 Å². The molecule has 0 saturated carbocycles. The van der Waals surface area contributed by atoms with E-state index in [0.717, 1.165) is 6.54 Å². The highest BCUT2D eigenvalue weighted by Gasteiger charge is 2.17. The van der Waals surface area contributed by atoms with Gasteiger partial charge in [0.25, 0.3) is 0 Å². The molecule has 1 aromatic heterocycles. The molecule has 90 valence electrons. The molecule has 0 amide bonds. The summed E-state index contributed by atoms with van der Waals surface area (Å²) in [6.45, 7) is 6.89. The van der Waals surface area contributed by atoms with E-state index >= 15 is 0 Å². The van der Waals surface area contributed by atoms with Gasteiger partial charge in [-0.2, -0.15) is 0 Å². The van der Waals surface area contributed by atoms with E-state index in [1.165, 1.54) is 43.8 Å². The summed E-state index contributed by atoms with van der Waals surface area (Å²) in [5.74, 6) is 0. The molecule has 1 N–H and O–H groups in total. The van der Waals surface area contributed by atoms with Crippen LogP contribution in [-0.2, 0) is 6.54 Å². The van der Waals surface area contributed by atoms with Gasteiger partial charge in [0.2, 0.25) is 0 Å². The molecular weight excluding hydrogens is 218 g/mol. The van der Waals surface area contributed by atoms with Crippen molar-refractivity contribution in [2.75, 3.05) is 19.6 Å². The smallest absolute Gasteiger partial charge is 0.0794 e. The van der Waals surface area contributed by atoms with Crippen molar-refractivity contribution >= 4 is 11.3 Å². The summed E-state index contributed by atoms with van der Waals surface area (Å²) >= 11 is 1.76. The quantitative estimate of drug-likeness (QED) is 0.824. The average molecular weight is 239 g/mol. The molecule has 1 atom stereocenters. The van der Waals surface area contributed by atoms with Crippen LogP contribution in [0.1, 0.15) is 31.1 Å². The summed E-state index contributed by atoms with van der Waals surface area (Å²) in [5, 5.41) is 3.57. The molecule has 1 aliphatic rings. The Morgan fingerprint density at radius 3 is 3.19 bits per heavy atom. The minimum atomic E-state index is 0.708. The number of nitrogens with zero attached hydrogens (tertiary/aromatic N) is 2. The van der Waals surface area contributed by atoms with Crippen molar-refractivity contribution in [2.45, 2.75) is 38.8 Å². The molecule has 3 nitrogen and oxygen atoms in total. The van der Waals surface area contributed by atoms with Gasteiger partial charge in [0.05, 0.1) is 5.51 Å². The van der Waals surface area contributed by atoms with Crippen LogP contribution in [0.15, 0.2) is 11.7 Å². The second-order valence-electron chi connectivity index (χ2n) is 4.50. The van der Waals surface area contributed by atoms with Crippen LogP contribution in [0.5, 0.6) is 0 Å². The lowest BCUT2D eigenvalue weighted by Crippen LogP contribution is -2.37. The zero-order valence-corrected chi connectivity index (χ0v) is 10.8. The molecule has 4 heteroatoms. The lowest BCUT2D eigenvalue weighted by Gasteiger charge is -2.24. The molecule has 16 heavy (non-hydrogen) atoms. The molecule has 1 saturated heterocycles. The fourth-order valence-electron chi connectivity index (χ4n) is 2.32. The van der Waals surface area contributed by atoms with E-state index in [1.54, 1.807) is 11.3 Å². The van der Waals surface area contributed by atoms with Gasteiger partial charge in [0, 0.05) is 30.2 Å². The van der Waals surface area contributed by atoms with Gasteiger partial charge in [0.15, 0.2) is 0 Å². The van der Waals surface area contributed by atoms with Gasteiger partial charge >= 0.3 is 0 Å². The molecule has 0 radical (unpaired) electrons. The van der Waals surface area contributed by atoms with Crippen LogP contribution in [0.4, 0.5) is 0 Å². The minimum Gasteiger partial charge on any atom is -0.313 e. The van der Waals surface area contributed by atoms with Crippen LogP contribution in [0.25, 0.3) is 0 Å². The van der Waals surface area contributed by atoms with Crippen LogP contribution in [0, 0.1) is 0 Å². The van der Waals surface area contributed by atoms with Gasteiger partial charge in [-0.1, -0.05) is 6.92 Å². The maximum atomic E-state index is 4.14. The number of nitrogens with one attached hydrogen (secondary N) is 1. The first kappa shape index (κ1) is 12.0. The first-order chi connectivity index (χ1) is 7.88. The summed E-state index contributed by atoms with van der Waals surface area (Å²) in [7, 11) is 0. The molecule has 0 aliphatic carbocycles. The van der Waals surface area contributed by atoms with Crippen LogP contribution in [0.3, 0.4) is 0 Å². The number of thiazole rings is 1. The van der Waals surface area contributed by atoms with Gasteiger partial charge in [-0.15, -0.1) is 11.3 Å². The minimum absolute atomic E-state index is 0.708. The van der Waals surface area contributed by atoms with Crippen molar-refractivity contribution in [3.8, 4) is 0 Å². The van der Waals surface area contributed by atoms with Crippen LogP contribution in [-0.4, -0.2) is 35.6 Å². The Hall–Kier alpha value is -0.450. The Labute approximate surface area is 102 Å². The Morgan fingerprint density at radius 1 is 1.62 bits per heavy atom. The highest BCUT2D eigenvalue weighted by Crippen LogP contribution is 2.13. The second kappa shape index (κ2) is 6.33. The zero-order chi connectivity index (χ0) is 11.2. The van der Waals surface area contributed by atoms with Crippen LogP contribution < -0.4 is 5.32 Å². The van der Waals surface area contributed by atoms with Gasteiger partial charge in [-0.05, 0) is 32.4 Å². The summed E-state index contributed by atoms with van der Waals surface area (Å²) in [6.07, 6.45) is 5.90. The molecule has 1 fully saturated rings. The predicted molar refractivity (Wildman–Crippen MR) is 68.7 cm³/mol. The van der Waals surface area contributed by atoms with E-state index in [2.05, 4.69) is 22.1 Å². The summed E-state index contributed by atoms with van der Waals surface area (Å²) in [6, 6.07) is 0.708. The largest absolute Gasteiger partial charge is 0.313 e. The number of hydrogen-bond donors (Lipinski definition) is 1. The third kappa shape index (κ3) is 3.54. The monoisotopic (exact) mass is 239 g/mol. The van der Waals surface area contributed by atoms with Crippen molar-refractivity contribution in [1.82, 2.24) is 15.2 Å². The third-order valence-corrected chi connectivity index (χ3v) is 3.81. The number of aromatic nitrogens is 1. The molecule has 1 aliphatic heterocycles. The Morgan fingerprint density at radius 2 is 2.56 bits per heavy atom. The first-order valence-corrected chi connectivity index (χ1v) is 7.09. The fraction of sp³-hybridized carbons (Fsp3) is 0.750. The van der Waals surface area contributed by atoms with Gasteiger partial charge in [0.1, 0.15) is 0 Å². The van der Waals surface area contributed by atoms with Crippen molar-refractivity contribution < 1.29 is 0 Å². The van der Waals surface area contributed by atoms with Crippen LogP contribution in [0.2, 0.25) is 0 Å². The lowest BCUT2D eigenvalue weighted by atomic mass is 10.2. The Bertz CT molecular complexity index is 280. The van der Waals surface area contributed by atoms with Crippen LogP contribution >= 0.6 is 11.3 Å². The summed E-state index contributed by atoms with van der Waals surface area (Å²) in [4.78, 5) is 8.08. The Balaban J connectivity index is 1.83. The predicted octanol–water partition coefficient (Wildman–Crippen LogP) is 2.11. The average Bonchev–Trinajstić information content (AvgIpc) is 2.91. The van der Waals surface area contributed by atoms with E-state index in [9.17, 15) is 0 Å². The van der Waals surface area contributed by atoms with Crippen molar-refractivity contribution in [3.63, 3.8) is 0 Å². The molecule has 2 rings (SSSR count). The highest BCUT2D eigenvalue weighted by molar-refractivity contribution is 7.09. The lowest BCUT2D eigenvalue weighted by molar-refractivity contribution is 0.243. The third-order valence-electron chi connectivity index (χ3n) is 3.04. The normalized spacial score (nSPS) is 20.8. The van der Waals surface area contributed by atoms with Gasteiger partial charge < -0.3 is 5.32 Å². The summed E-state index contributed by atoms with van der Waals surface area (Å²) < 4.78 is 0. The molecule has 2 heterocycles. The summed E-state index contributed by atoms with van der Waals surface area (Å²) in [5.41, 5.74) is 1.92.